The largest absolute Gasteiger partial charge is 0.344 e. The molecule has 1 unspecified atom stereocenters. The van der Waals surface area contributed by atoms with E-state index in [-0.39, 0.29) is 11.9 Å². The fraction of sp³-hybridized carbons (Fsp3) is 0.357. The average Bonchev–Trinajstić information content (AvgIpc) is 2.85. The van der Waals surface area contributed by atoms with Crippen molar-refractivity contribution in [3.63, 3.8) is 0 Å². The SMILES string of the molecule is Cc1nnsc1C(=O)NC1CCCc2ccccc21. The van der Waals surface area contributed by atoms with Crippen LogP contribution in [0, 0.1) is 6.92 Å². The lowest BCUT2D eigenvalue weighted by Crippen LogP contribution is -2.30. The van der Waals surface area contributed by atoms with Crippen molar-refractivity contribution in [2.24, 2.45) is 0 Å². The van der Waals surface area contributed by atoms with E-state index in [0.29, 0.717) is 10.6 Å². The molecule has 98 valence electrons. The van der Waals surface area contributed by atoms with Crippen LogP contribution in [0.1, 0.15) is 45.4 Å². The first-order chi connectivity index (χ1) is 9.25. The highest BCUT2D eigenvalue weighted by Crippen LogP contribution is 2.29. The first-order valence-electron chi connectivity index (χ1n) is 6.43. The van der Waals surface area contributed by atoms with Gasteiger partial charge in [-0.25, -0.2) is 0 Å². The van der Waals surface area contributed by atoms with Crippen LogP contribution in [-0.2, 0) is 6.42 Å². The summed E-state index contributed by atoms with van der Waals surface area (Å²) >= 11 is 1.15. The van der Waals surface area contributed by atoms with Crippen LogP contribution in [-0.4, -0.2) is 15.5 Å². The van der Waals surface area contributed by atoms with Crippen LogP contribution in [0.3, 0.4) is 0 Å². The lowest BCUT2D eigenvalue weighted by molar-refractivity contribution is 0.0936. The third kappa shape index (κ3) is 2.38. The van der Waals surface area contributed by atoms with Gasteiger partial charge in [-0.1, -0.05) is 28.8 Å². The van der Waals surface area contributed by atoms with E-state index < -0.39 is 0 Å². The molecule has 1 heterocycles. The molecule has 1 aliphatic carbocycles. The molecule has 4 nitrogen and oxygen atoms in total. The molecule has 1 amide bonds. The number of aryl methyl sites for hydroxylation is 2. The van der Waals surface area contributed by atoms with E-state index in [4.69, 9.17) is 0 Å². The van der Waals surface area contributed by atoms with Crippen molar-refractivity contribution in [1.82, 2.24) is 14.9 Å². The zero-order chi connectivity index (χ0) is 13.2. The van der Waals surface area contributed by atoms with E-state index in [1.54, 1.807) is 0 Å². The summed E-state index contributed by atoms with van der Waals surface area (Å²) < 4.78 is 3.81. The molecule has 1 aliphatic rings. The zero-order valence-corrected chi connectivity index (χ0v) is 11.5. The minimum absolute atomic E-state index is 0.0609. The highest BCUT2D eigenvalue weighted by Gasteiger charge is 2.23. The summed E-state index contributed by atoms with van der Waals surface area (Å²) in [5.74, 6) is -0.0609. The molecule has 0 bridgehead atoms. The first kappa shape index (κ1) is 12.3. The van der Waals surface area contributed by atoms with Crippen molar-refractivity contribution < 1.29 is 4.79 Å². The van der Waals surface area contributed by atoms with Gasteiger partial charge in [-0.15, -0.1) is 5.10 Å². The number of benzene rings is 1. The van der Waals surface area contributed by atoms with Crippen LogP contribution in [0.15, 0.2) is 24.3 Å². The molecule has 0 saturated heterocycles. The number of nitrogens with zero attached hydrogens (tertiary/aromatic N) is 2. The van der Waals surface area contributed by atoms with Gasteiger partial charge in [0.1, 0.15) is 4.88 Å². The van der Waals surface area contributed by atoms with Gasteiger partial charge in [0.15, 0.2) is 0 Å². The molecule has 19 heavy (non-hydrogen) atoms. The van der Waals surface area contributed by atoms with Crippen LogP contribution in [0.4, 0.5) is 0 Å². The maximum Gasteiger partial charge on any atom is 0.265 e. The number of rotatable bonds is 2. The van der Waals surface area contributed by atoms with E-state index in [2.05, 4.69) is 33.1 Å². The predicted molar refractivity (Wildman–Crippen MR) is 74.2 cm³/mol. The van der Waals surface area contributed by atoms with Gasteiger partial charge in [-0.05, 0) is 48.8 Å². The fourth-order valence-corrected chi connectivity index (χ4v) is 3.13. The van der Waals surface area contributed by atoms with Crippen LogP contribution in [0.25, 0.3) is 0 Å². The average molecular weight is 273 g/mol. The number of hydrogen-bond donors (Lipinski definition) is 1. The molecule has 1 aromatic carbocycles. The van der Waals surface area contributed by atoms with E-state index in [9.17, 15) is 4.79 Å². The van der Waals surface area contributed by atoms with Crippen LogP contribution >= 0.6 is 11.5 Å². The minimum atomic E-state index is -0.0609. The molecular weight excluding hydrogens is 258 g/mol. The Morgan fingerprint density at radius 2 is 2.26 bits per heavy atom. The topological polar surface area (TPSA) is 54.9 Å². The highest BCUT2D eigenvalue weighted by atomic mass is 32.1. The summed E-state index contributed by atoms with van der Waals surface area (Å²) in [5.41, 5.74) is 3.29. The zero-order valence-electron chi connectivity index (χ0n) is 10.7. The Kier molecular flexibility index (Phi) is 3.29. The van der Waals surface area contributed by atoms with Gasteiger partial charge in [0.25, 0.3) is 5.91 Å². The van der Waals surface area contributed by atoms with Gasteiger partial charge in [0.2, 0.25) is 0 Å². The minimum Gasteiger partial charge on any atom is -0.344 e. The quantitative estimate of drug-likeness (QED) is 0.915. The number of nitrogens with one attached hydrogen (secondary N) is 1. The Hall–Kier alpha value is -1.75. The third-order valence-electron chi connectivity index (χ3n) is 3.53. The van der Waals surface area contributed by atoms with E-state index in [1.807, 2.05) is 13.0 Å². The predicted octanol–water partition coefficient (Wildman–Crippen LogP) is 2.65. The molecule has 3 rings (SSSR count). The molecule has 0 saturated carbocycles. The summed E-state index contributed by atoms with van der Waals surface area (Å²) in [5, 5.41) is 6.99. The molecule has 2 aromatic rings. The van der Waals surface area contributed by atoms with Crippen molar-refractivity contribution >= 4 is 17.4 Å². The van der Waals surface area contributed by atoms with Gasteiger partial charge in [-0.3, -0.25) is 4.79 Å². The Morgan fingerprint density at radius 1 is 1.42 bits per heavy atom. The highest BCUT2D eigenvalue weighted by molar-refractivity contribution is 7.08. The van der Waals surface area contributed by atoms with E-state index >= 15 is 0 Å². The molecule has 0 spiro atoms. The molecule has 0 aliphatic heterocycles. The second kappa shape index (κ2) is 5.09. The summed E-state index contributed by atoms with van der Waals surface area (Å²) in [4.78, 5) is 12.8. The second-order valence-electron chi connectivity index (χ2n) is 4.80. The van der Waals surface area contributed by atoms with Crippen molar-refractivity contribution in [3.8, 4) is 0 Å². The Balaban J connectivity index is 1.82. The van der Waals surface area contributed by atoms with Crippen LogP contribution < -0.4 is 5.32 Å². The third-order valence-corrected chi connectivity index (χ3v) is 4.36. The van der Waals surface area contributed by atoms with Gasteiger partial charge in [-0.2, -0.15) is 0 Å². The smallest absolute Gasteiger partial charge is 0.265 e. The van der Waals surface area contributed by atoms with E-state index in [0.717, 1.165) is 30.8 Å². The molecule has 0 fully saturated rings. The van der Waals surface area contributed by atoms with Crippen molar-refractivity contribution in [2.75, 3.05) is 0 Å². The van der Waals surface area contributed by atoms with Crippen LogP contribution in [0.2, 0.25) is 0 Å². The summed E-state index contributed by atoms with van der Waals surface area (Å²) in [6.45, 7) is 1.81. The number of carbonyl (C=O) groups excluding carboxylic acids is 1. The maximum atomic E-state index is 12.2. The molecule has 1 N–H and O–H groups in total. The monoisotopic (exact) mass is 273 g/mol. The summed E-state index contributed by atoms with van der Waals surface area (Å²) in [6, 6.07) is 8.45. The molecule has 5 heteroatoms. The number of amides is 1. The van der Waals surface area contributed by atoms with Crippen molar-refractivity contribution in [1.29, 1.82) is 0 Å². The van der Waals surface area contributed by atoms with Crippen molar-refractivity contribution in [3.05, 3.63) is 46.0 Å². The first-order valence-corrected chi connectivity index (χ1v) is 7.20. The number of hydrogen-bond acceptors (Lipinski definition) is 4. The second-order valence-corrected chi connectivity index (χ2v) is 5.56. The van der Waals surface area contributed by atoms with E-state index in [1.165, 1.54) is 11.1 Å². The maximum absolute atomic E-state index is 12.2. The summed E-state index contributed by atoms with van der Waals surface area (Å²) in [7, 11) is 0. The Labute approximate surface area is 116 Å². The summed E-state index contributed by atoms with van der Waals surface area (Å²) in [6.07, 6.45) is 3.21. The Bertz CT molecular complexity index is 608. The van der Waals surface area contributed by atoms with Crippen LogP contribution in [0.5, 0.6) is 0 Å². The van der Waals surface area contributed by atoms with Gasteiger partial charge >= 0.3 is 0 Å². The normalized spacial score (nSPS) is 17.8. The van der Waals surface area contributed by atoms with Crippen molar-refractivity contribution in [2.45, 2.75) is 32.2 Å². The number of fused-ring (bicyclic) bond motifs is 1. The standard InChI is InChI=1S/C14H15N3OS/c1-9-13(19-17-16-9)14(18)15-12-8-4-6-10-5-2-3-7-11(10)12/h2-3,5,7,12H,4,6,8H2,1H3,(H,15,18). The van der Waals surface area contributed by atoms with Gasteiger partial charge < -0.3 is 5.32 Å². The fourth-order valence-electron chi connectivity index (χ4n) is 2.57. The van der Waals surface area contributed by atoms with Gasteiger partial charge in [0, 0.05) is 0 Å². The molecule has 1 atom stereocenters. The lowest BCUT2D eigenvalue weighted by Gasteiger charge is -2.26. The molecule has 1 aromatic heterocycles. The molecular formula is C14H15N3OS. The number of carbonyl (C=O) groups is 1. The number of aromatic nitrogens is 2. The Morgan fingerprint density at radius 3 is 3.05 bits per heavy atom. The molecule has 0 radical (unpaired) electrons. The van der Waals surface area contributed by atoms with Gasteiger partial charge in [0.05, 0.1) is 11.7 Å². The lowest BCUT2D eigenvalue weighted by atomic mass is 9.88.